The summed E-state index contributed by atoms with van der Waals surface area (Å²) in [4.78, 5) is 2.42. The van der Waals surface area contributed by atoms with Gasteiger partial charge in [-0.2, -0.15) is 0 Å². The van der Waals surface area contributed by atoms with Crippen LogP contribution in [0.3, 0.4) is 0 Å². The molecule has 0 amide bonds. The molecule has 1 aliphatic heterocycles. The summed E-state index contributed by atoms with van der Waals surface area (Å²) in [5.41, 5.74) is 1.26. The van der Waals surface area contributed by atoms with E-state index in [1.165, 1.54) is 24.9 Å². The van der Waals surface area contributed by atoms with Crippen molar-refractivity contribution in [2.24, 2.45) is 0 Å². The van der Waals surface area contributed by atoms with Crippen LogP contribution in [-0.2, 0) is 0 Å². The maximum Gasteiger partial charge on any atom is 0.0426 e. The van der Waals surface area contributed by atoms with E-state index in [0.717, 1.165) is 24.2 Å². The third kappa shape index (κ3) is 2.33. The average molecular weight is 237 g/mol. The molecule has 16 heavy (non-hydrogen) atoms. The zero-order chi connectivity index (χ0) is 11.0. The molecular formula is C13H17ClN2. The Morgan fingerprint density at radius 1 is 1.19 bits per heavy atom. The molecule has 3 heteroatoms. The third-order valence-corrected chi connectivity index (χ3v) is 3.65. The molecule has 1 N–H and O–H groups in total. The van der Waals surface area contributed by atoms with Gasteiger partial charge in [-0.25, -0.2) is 0 Å². The van der Waals surface area contributed by atoms with Crippen molar-refractivity contribution >= 4 is 17.3 Å². The Labute approximate surface area is 102 Å². The molecule has 1 aromatic carbocycles. The van der Waals surface area contributed by atoms with E-state index < -0.39 is 0 Å². The monoisotopic (exact) mass is 236 g/mol. The Morgan fingerprint density at radius 3 is 2.81 bits per heavy atom. The number of nitrogens with one attached hydrogen (secondary N) is 1. The van der Waals surface area contributed by atoms with Gasteiger partial charge in [0.05, 0.1) is 0 Å². The van der Waals surface area contributed by atoms with Crippen LogP contribution in [0.4, 0.5) is 5.69 Å². The quantitative estimate of drug-likeness (QED) is 0.868. The number of hydrogen-bond acceptors (Lipinski definition) is 2. The van der Waals surface area contributed by atoms with Crippen molar-refractivity contribution in [3.63, 3.8) is 0 Å². The van der Waals surface area contributed by atoms with Crippen molar-refractivity contribution in [2.45, 2.75) is 31.3 Å². The molecular weight excluding hydrogens is 220 g/mol. The summed E-state index contributed by atoms with van der Waals surface area (Å²) in [5.74, 6) is 0. The van der Waals surface area contributed by atoms with E-state index in [1.807, 2.05) is 12.1 Å². The van der Waals surface area contributed by atoms with Gasteiger partial charge in [-0.05, 0) is 37.5 Å². The molecule has 0 radical (unpaired) electrons. The van der Waals surface area contributed by atoms with Crippen LogP contribution in [0.15, 0.2) is 24.3 Å². The van der Waals surface area contributed by atoms with E-state index in [1.54, 1.807) is 0 Å². The second-order valence-corrected chi connectivity index (χ2v) is 5.29. The zero-order valence-electron chi connectivity index (χ0n) is 9.32. The summed E-state index contributed by atoms with van der Waals surface area (Å²) in [5, 5.41) is 4.52. The molecule has 0 aromatic heterocycles. The van der Waals surface area contributed by atoms with Gasteiger partial charge in [-0.3, -0.25) is 0 Å². The topological polar surface area (TPSA) is 15.3 Å². The first-order chi connectivity index (χ1) is 7.81. The third-order valence-electron chi connectivity index (χ3n) is 3.41. The molecule has 1 saturated heterocycles. The molecule has 2 aliphatic rings. The van der Waals surface area contributed by atoms with Gasteiger partial charge in [-0.15, -0.1) is 0 Å². The van der Waals surface area contributed by atoms with E-state index >= 15 is 0 Å². The van der Waals surface area contributed by atoms with Gasteiger partial charge in [0, 0.05) is 35.9 Å². The molecule has 3 rings (SSSR count). The lowest BCUT2D eigenvalue weighted by Gasteiger charge is -2.19. The van der Waals surface area contributed by atoms with Crippen molar-refractivity contribution in [1.82, 2.24) is 5.32 Å². The molecule has 86 valence electrons. The predicted molar refractivity (Wildman–Crippen MR) is 68.2 cm³/mol. The fraction of sp³-hybridized carbons (Fsp3) is 0.538. The lowest BCUT2D eigenvalue weighted by atomic mass is 10.2. The van der Waals surface area contributed by atoms with E-state index in [4.69, 9.17) is 11.6 Å². The fourth-order valence-electron chi connectivity index (χ4n) is 2.39. The first-order valence-corrected chi connectivity index (χ1v) is 6.45. The highest BCUT2D eigenvalue weighted by atomic mass is 35.5. The number of benzene rings is 1. The van der Waals surface area contributed by atoms with E-state index in [2.05, 4.69) is 22.3 Å². The van der Waals surface area contributed by atoms with E-state index in [0.29, 0.717) is 6.04 Å². The van der Waals surface area contributed by atoms with Gasteiger partial charge in [0.2, 0.25) is 0 Å². The first kappa shape index (κ1) is 10.4. The molecule has 1 unspecified atom stereocenters. The Bertz CT molecular complexity index is 376. The van der Waals surface area contributed by atoms with Gasteiger partial charge in [0.25, 0.3) is 0 Å². The van der Waals surface area contributed by atoms with Crippen LogP contribution in [0.2, 0.25) is 5.02 Å². The van der Waals surface area contributed by atoms with E-state index in [9.17, 15) is 0 Å². The molecule has 1 saturated carbocycles. The Kier molecular flexibility index (Phi) is 2.78. The van der Waals surface area contributed by atoms with Crippen LogP contribution < -0.4 is 10.2 Å². The molecule has 1 aromatic rings. The SMILES string of the molecule is Clc1cccc(N2CCC(NC3CC3)C2)c1. The summed E-state index contributed by atoms with van der Waals surface area (Å²) in [6, 6.07) is 9.64. The Morgan fingerprint density at radius 2 is 2.06 bits per heavy atom. The summed E-state index contributed by atoms with van der Waals surface area (Å²) in [6.45, 7) is 2.27. The molecule has 2 fully saturated rings. The van der Waals surface area contributed by atoms with Crippen LogP contribution in [0, 0.1) is 0 Å². The lowest BCUT2D eigenvalue weighted by Crippen LogP contribution is -2.33. The minimum atomic E-state index is 0.673. The largest absolute Gasteiger partial charge is 0.370 e. The first-order valence-electron chi connectivity index (χ1n) is 6.08. The molecule has 1 heterocycles. The highest BCUT2D eigenvalue weighted by Crippen LogP contribution is 2.26. The fourth-order valence-corrected chi connectivity index (χ4v) is 2.57. The minimum absolute atomic E-state index is 0.673. The Balaban J connectivity index is 1.63. The summed E-state index contributed by atoms with van der Waals surface area (Å²) in [6.07, 6.45) is 3.99. The summed E-state index contributed by atoms with van der Waals surface area (Å²) >= 11 is 6.01. The van der Waals surface area contributed by atoms with Crippen LogP contribution in [0.1, 0.15) is 19.3 Å². The van der Waals surface area contributed by atoms with Gasteiger partial charge >= 0.3 is 0 Å². The number of halogens is 1. The van der Waals surface area contributed by atoms with Crippen molar-refractivity contribution in [3.05, 3.63) is 29.3 Å². The van der Waals surface area contributed by atoms with Crippen molar-refractivity contribution in [2.75, 3.05) is 18.0 Å². The van der Waals surface area contributed by atoms with Gasteiger partial charge in [0.15, 0.2) is 0 Å². The van der Waals surface area contributed by atoms with Crippen LogP contribution in [0.5, 0.6) is 0 Å². The van der Waals surface area contributed by atoms with Gasteiger partial charge in [-0.1, -0.05) is 17.7 Å². The Hall–Kier alpha value is -0.730. The smallest absolute Gasteiger partial charge is 0.0426 e. The second kappa shape index (κ2) is 4.27. The molecule has 1 atom stereocenters. The molecule has 2 nitrogen and oxygen atoms in total. The summed E-state index contributed by atoms with van der Waals surface area (Å²) < 4.78 is 0. The molecule has 1 aliphatic carbocycles. The van der Waals surface area contributed by atoms with Crippen molar-refractivity contribution in [1.29, 1.82) is 0 Å². The van der Waals surface area contributed by atoms with Gasteiger partial charge in [0.1, 0.15) is 0 Å². The number of rotatable bonds is 3. The van der Waals surface area contributed by atoms with Crippen molar-refractivity contribution < 1.29 is 0 Å². The predicted octanol–water partition coefficient (Wildman–Crippen LogP) is 2.67. The lowest BCUT2D eigenvalue weighted by molar-refractivity contribution is 0.548. The number of hydrogen-bond donors (Lipinski definition) is 1. The number of nitrogens with zero attached hydrogens (tertiary/aromatic N) is 1. The summed E-state index contributed by atoms with van der Waals surface area (Å²) in [7, 11) is 0. The maximum atomic E-state index is 6.01. The second-order valence-electron chi connectivity index (χ2n) is 4.85. The standard InChI is InChI=1S/C13H17ClN2/c14-10-2-1-3-13(8-10)16-7-6-12(9-16)15-11-4-5-11/h1-3,8,11-12,15H,4-7,9H2. The highest BCUT2D eigenvalue weighted by Gasteiger charge is 2.29. The maximum absolute atomic E-state index is 6.01. The average Bonchev–Trinajstić information content (AvgIpc) is 2.94. The van der Waals surface area contributed by atoms with Crippen LogP contribution >= 0.6 is 11.6 Å². The normalized spacial score (nSPS) is 25.1. The zero-order valence-corrected chi connectivity index (χ0v) is 10.1. The van der Waals surface area contributed by atoms with E-state index in [-0.39, 0.29) is 0 Å². The minimum Gasteiger partial charge on any atom is -0.370 e. The van der Waals surface area contributed by atoms with Crippen LogP contribution in [-0.4, -0.2) is 25.2 Å². The van der Waals surface area contributed by atoms with Crippen molar-refractivity contribution in [3.8, 4) is 0 Å². The van der Waals surface area contributed by atoms with Gasteiger partial charge < -0.3 is 10.2 Å². The molecule has 0 spiro atoms. The molecule has 0 bridgehead atoms. The van der Waals surface area contributed by atoms with Crippen LogP contribution in [0.25, 0.3) is 0 Å². The number of anilines is 1. The highest BCUT2D eigenvalue weighted by molar-refractivity contribution is 6.30.